The van der Waals surface area contributed by atoms with Gasteiger partial charge in [-0.05, 0) is 0 Å². The minimum absolute atomic E-state index is 0.944. The molecule has 0 aliphatic rings. The Morgan fingerprint density at radius 3 is 0.786 bits per heavy atom. The number of nitrogens with one attached hydrogen (secondary N) is 1. The van der Waals surface area contributed by atoms with E-state index < -0.39 is 0 Å². The van der Waals surface area contributed by atoms with Gasteiger partial charge in [-0.3, -0.25) is 0 Å². The van der Waals surface area contributed by atoms with Crippen LogP contribution >= 0.6 is 0 Å². The van der Waals surface area contributed by atoms with E-state index >= 15 is 0 Å². The van der Waals surface area contributed by atoms with Gasteiger partial charge in [-0.1, -0.05) is 20.8 Å². The first-order valence-corrected chi connectivity index (χ1v) is 5.62. The summed E-state index contributed by atoms with van der Waals surface area (Å²) in [6.45, 7) is 8.88. The molecule has 0 unspecified atom stereocenters. The molecule has 0 atom stereocenters. The van der Waals surface area contributed by atoms with Crippen LogP contribution < -0.4 is 0 Å². The molecule has 14 heavy (non-hydrogen) atoms. The van der Waals surface area contributed by atoms with E-state index in [2.05, 4.69) is 16.0 Å². The van der Waals surface area contributed by atoms with Crippen molar-refractivity contribution < 1.29 is 19.6 Å². The summed E-state index contributed by atoms with van der Waals surface area (Å²) in [5.41, 5.74) is 0. The first kappa shape index (κ1) is 23.9. The monoisotopic (exact) mass is 287 g/mol. The minimum atomic E-state index is 0.944. The molecule has 0 bridgehead atoms. The van der Waals surface area contributed by atoms with Gasteiger partial charge in [-0.25, -0.2) is 0 Å². The number of rotatable bonds is 3. The first-order chi connectivity index (χ1) is 6.74. The molecule has 0 fully saturated rings. The summed E-state index contributed by atoms with van der Waals surface area (Å²) in [4.78, 5) is 0. The van der Waals surface area contributed by atoms with E-state index in [0.717, 1.165) is 19.6 Å². The van der Waals surface area contributed by atoms with Crippen molar-refractivity contribution in [1.82, 2.24) is 0 Å². The number of nitrogens with zero attached hydrogens (tertiary/aromatic N) is 3. The molecule has 0 radical (unpaired) electrons. The predicted molar refractivity (Wildman–Crippen MR) is 62.2 cm³/mol. The summed E-state index contributed by atoms with van der Waals surface area (Å²) in [6, 6.07) is 0. The molecule has 0 aromatic heterocycles. The van der Waals surface area contributed by atoms with E-state index in [1.54, 1.807) is 21.1 Å². The zero-order valence-electron chi connectivity index (χ0n) is 10.4. The fourth-order valence-electron chi connectivity index (χ4n) is 0. The van der Waals surface area contributed by atoms with Crippen LogP contribution in [0.3, 0.4) is 0 Å². The van der Waals surface area contributed by atoms with E-state index in [4.69, 9.17) is 3.91 Å². The van der Waals surface area contributed by atoms with Gasteiger partial charge in [0.1, 0.15) is 0 Å². The Hall–Kier alpha value is 0.368. The SMILES string of the molecule is CC[N-]C.CC[N-]C.CC[N-]C.[NH]=[Mo]. The van der Waals surface area contributed by atoms with E-state index in [1.807, 2.05) is 20.8 Å². The molecule has 0 rings (SSSR count). The quantitative estimate of drug-likeness (QED) is 0.773. The molecule has 1 N–H and O–H groups in total. The van der Waals surface area contributed by atoms with Gasteiger partial charge < -0.3 is 16.0 Å². The van der Waals surface area contributed by atoms with Gasteiger partial charge in [0.05, 0.1) is 0 Å². The third-order valence-electron chi connectivity index (χ3n) is 0.949. The summed E-state index contributed by atoms with van der Waals surface area (Å²) >= 11 is 1.20. The Morgan fingerprint density at radius 2 is 0.786 bits per heavy atom. The Bertz CT molecular complexity index is 40.6. The average Bonchev–Trinajstić information content (AvgIpc) is 2.31. The predicted octanol–water partition coefficient (Wildman–Crippen LogP) is 3.32. The molecule has 0 aliphatic carbocycles. The van der Waals surface area contributed by atoms with Crippen molar-refractivity contribution in [2.24, 2.45) is 0 Å². The van der Waals surface area contributed by atoms with Gasteiger partial charge in [-0.2, -0.15) is 40.8 Å². The van der Waals surface area contributed by atoms with E-state index in [-0.39, 0.29) is 0 Å². The Kier molecular flexibility index (Phi) is 86.0. The molecular formula is C9H25MoN4-3. The van der Waals surface area contributed by atoms with Gasteiger partial charge in [0.2, 0.25) is 0 Å². The van der Waals surface area contributed by atoms with E-state index in [1.165, 1.54) is 19.6 Å². The summed E-state index contributed by atoms with van der Waals surface area (Å²) in [7, 11) is 5.42. The standard InChI is InChI=1S/3C3H8N.Mo.HN/c3*1-3-4-2;;/h3*3H2,1-2H3;;1H/q3*-1;;. The van der Waals surface area contributed by atoms with Crippen LogP contribution in [0.4, 0.5) is 0 Å². The molecule has 4 nitrogen and oxygen atoms in total. The molecule has 0 heterocycles. The number of hydrogen-bond acceptors (Lipinski definition) is 1. The van der Waals surface area contributed by atoms with Crippen molar-refractivity contribution in [3.63, 3.8) is 0 Å². The van der Waals surface area contributed by atoms with E-state index in [9.17, 15) is 0 Å². The second-order valence-electron chi connectivity index (χ2n) is 1.90. The van der Waals surface area contributed by atoms with Crippen LogP contribution in [0.25, 0.3) is 16.0 Å². The van der Waals surface area contributed by atoms with Crippen LogP contribution in [-0.4, -0.2) is 40.8 Å². The van der Waals surface area contributed by atoms with E-state index in [0.29, 0.717) is 0 Å². The van der Waals surface area contributed by atoms with Crippen molar-refractivity contribution in [3.8, 4) is 0 Å². The molecule has 0 aromatic carbocycles. The summed E-state index contributed by atoms with van der Waals surface area (Å²) < 4.78 is 5.76. The molecule has 90 valence electrons. The third-order valence-corrected chi connectivity index (χ3v) is 0.949. The molecular weight excluding hydrogens is 260 g/mol. The maximum atomic E-state index is 5.76. The third kappa shape index (κ3) is 141. The fourth-order valence-corrected chi connectivity index (χ4v) is 0. The van der Waals surface area contributed by atoms with Crippen LogP contribution in [0.1, 0.15) is 20.8 Å². The summed E-state index contributed by atoms with van der Waals surface area (Å²) in [5.74, 6) is 0. The maximum absolute atomic E-state index is 5.76. The van der Waals surface area contributed by atoms with Gasteiger partial charge in [-0.15, -0.1) is 0 Å². The van der Waals surface area contributed by atoms with Crippen LogP contribution in [0.2, 0.25) is 0 Å². The van der Waals surface area contributed by atoms with Crippen molar-refractivity contribution in [2.75, 3.05) is 40.8 Å². The molecule has 0 spiro atoms. The molecule has 0 aliphatic heterocycles. The molecule has 5 heteroatoms. The fraction of sp³-hybridized carbons (Fsp3) is 1.00. The summed E-state index contributed by atoms with van der Waals surface area (Å²) in [6.07, 6.45) is 0. The molecule has 0 saturated heterocycles. The Labute approximate surface area is 101 Å². The summed E-state index contributed by atoms with van der Waals surface area (Å²) in [5, 5.41) is 11.2. The van der Waals surface area contributed by atoms with Gasteiger partial charge in [0.25, 0.3) is 0 Å². The average molecular weight is 285 g/mol. The Balaban J connectivity index is -0.0000000492. The molecule has 0 saturated carbocycles. The van der Waals surface area contributed by atoms with Crippen molar-refractivity contribution in [1.29, 1.82) is 3.91 Å². The normalized spacial score (nSPS) is 6.71. The number of hydrogen-bond donors (Lipinski definition) is 1. The van der Waals surface area contributed by atoms with Crippen LogP contribution in [0.5, 0.6) is 0 Å². The molecule has 0 aromatic rings. The van der Waals surface area contributed by atoms with Gasteiger partial charge in [0.15, 0.2) is 0 Å². The van der Waals surface area contributed by atoms with Crippen LogP contribution in [0, 0.1) is 3.91 Å². The molecule has 0 amide bonds. The first-order valence-electron chi connectivity index (χ1n) is 4.62. The van der Waals surface area contributed by atoms with Crippen LogP contribution in [-0.2, 0) is 19.6 Å². The van der Waals surface area contributed by atoms with Crippen molar-refractivity contribution in [3.05, 3.63) is 16.0 Å². The van der Waals surface area contributed by atoms with Crippen LogP contribution in [0.15, 0.2) is 0 Å². The zero-order valence-corrected chi connectivity index (χ0v) is 12.4. The van der Waals surface area contributed by atoms with Crippen molar-refractivity contribution in [2.45, 2.75) is 20.8 Å². The topological polar surface area (TPSA) is 66.2 Å². The Morgan fingerprint density at radius 1 is 0.714 bits per heavy atom. The van der Waals surface area contributed by atoms with Gasteiger partial charge >= 0.3 is 23.5 Å². The zero-order chi connectivity index (χ0) is 12.2. The van der Waals surface area contributed by atoms with Crippen molar-refractivity contribution >= 4 is 0 Å². The van der Waals surface area contributed by atoms with Gasteiger partial charge in [0, 0.05) is 0 Å². The second-order valence-corrected chi connectivity index (χ2v) is 1.90. The second kappa shape index (κ2) is 50.4.